The third-order valence-electron chi connectivity index (χ3n) is 4.56. The van der Waals surface area contributed by atoms with Gasteiger partial charge in [0.15, 0.2) is 5.96 Å². The summed E-state index contributed by atoms with van der Waals surface area (Å²) in [4.78, 5) is 7.03. The molecule has 1 heterocycles. The average Bonchev–Trinajstić information content (AvgIpc) is 2.68. The Morgan fingerprint density at radius 2 is 2.18 bits per heavy atom. The SMILES string of the molecule is CCNC(=NCc1ccc(C)cc1OCCCOC)NCC1CN(C)CCO1. The van der Waals surface area contributed by atoms with Crippen LogP contribution in [0.2, 0.25) is 0 Å². The molecule has 158 valence electrons. The van der Waals surface area contributed by atoms with Crippen molar-refractivity contribution in [2.45, 2.75) is 32.9 Å². The zero-order chi connectivity index (χ0) is 20.2. The van der Waals surface area contributed by atoms with Gasteiger partial charge in [-0.3, -0.25) is 0 Å². The van der Waals surface area contributed by atoms with Crippen LogP contribution >= 0.6 is 0 Å². The van der Waals surface area contributed by atoms with Gasteiger partial charge < -0.3 is 29.7 Å². The summed E-state index contributed by atoms with van der Waals surface area (Å²) in [5.74, 6) is 1.69. The topological polar surface area (TPSA) is 67.4 Å². The van der Waals surface area contributed by atoms with Gasteiger partial charge in [0, 0.05) is 51.9 Å². The Labute approximate surface area is 169 Å². The number of aliphatic imine (C=N–C) groups is 1. The summed E-state index contributed by atoms with van der Waals surface area (Å²) in [7, 11) is 3.83. The molecule has 7 heteroatoms. The number of guanidine groups is 1. The van der Waals surface area contributed by atoms with Crippen LogP contribution < -0.4 is 15.4 Å². The van der Waals surface area contributed by atoms with Crippen LogP contribution in [0.15, 0.2) is 23.2 Å². The molecule has 28 heavy (non-hydrogen) atoms. The van der Waals surface area contributed by atoms with Crippen molar-refractivity contribution in [2.24, 2.45) is 4.99 Å². The zero-order valence-electron chi connectivity index (χ0n) is 17.8. The number of aryl methyl sites for hydroxylation is 1. The number of benzene rings is 1. The van der Waals surface area contributed by atoms with Gasteiger partial charge in [-0.05, 0) is 32.5 Å². The molecule has 0 bridgehead atoms. The molecule has 0 spiro atoms. The highest BCUT2D eigenvalue weighted by Crippen LogP contribution is 2.21. The second-order valence-corrected chi connectivity index (χ2v) is 7.14. The van der Waals surface area contributed by atoms with Crippen molar-refractivity contribution < 1.29 is 14.2 Å². The summed E-state index contributed by atoms with van der Waals surface area (Å²) in [6.07, 6.45) is 1.05. The largest absolute Gasteiger partial charge is 0.493 e. The fraction of sp³-hybridized carbons (Fsp3) is 0.667. The Hall–Kier alpha value is -1.83. The highest BCUT2D eigenvalue weighted by molar-refractivity contribution is 5.79. The molecule has 1 aliphatic heterocycles. The molecule has 0 aliphatic carbocycles. The van der Waals surface area contributed by atoms with E-state index < -0.39 is 0 Å². The van der Waals surface area contributed by atoms with Gasteiger partial charge in [0.25, 0.3) is 0 Å². The molecule has 1 unspecified atom stereocenters. The zero-order valence-corrected chi connectivity index (χ0v) is 17.8. The van der Waals surface area contributed by atoms with Crippen molar-refractivity contribution in [3.63, 3.8) is 0 Å². The highest BCUT2D eigenvalue weighted by atomic mass is 16.5. The van der Waals surface area contributed by atoms with Gasteiger partial charge in [-0.25, -0.2) is 4.99 Å². The van der Waals surface area contributed by atoms with E-state index in [1.165, 1.54) is 5.56 Å². The molecule has 0 amide bonds. The van der Waals surface area contributed by atoms with E-state index in [-0.39, 0.29) is 6.10 Å². The maximum atomic E-state index is 5.96. The van der Waals surface area contributed by atoms with Crippen LogP contribution in [0.25, 0.3) is 0 Å². The minimum atomic E-state index is 0.182. The van der Waals surface area contributed by atoms with E-state index in [0.29, 0.717) is 19.8 Å². The Morgan fingerprint density at radius 1 is 1.32 bits per heavy atom. The highest BCUT2D eigenvalue weighted by Gasteiger charge is 2.17. The fourth-order valence-corrected chi connectivity index (χ4v) is 3.02. The van der Waals surface area contributed by atoms with Gasteiger partial charge in [-0.1, -0.05) is 12.1 Å². The summed E-state index contributed by atoms with van der Waals surface area (Å²) in [6.45, 7) is 10.3. The number of methoxy groups -OCH3 is 1. The molecule has 7 nitrogen and oxygen atoms in total. The van der Waals surface area contributed by atoms with Crippen LogP contribution in [0.1, 0.15) is 24.5 Å². The summed E-state index contributed by atoms with van der Waals surface area (Å²) < 4.78 is 16.9. The standard InChI is InChI=1S/C21H36N4O3/c1-5-22-21(24-15-19-16-25(3)9-12-27-19)23-14-18-8-7-17(2)13-20(18)28-11-6-10-26-4/h7-8,13,19H,5-6,9-12,14-16H2,1-4H3,(H2,22,23,24). The van der Waals surface area contributed by atoms with Gasteiger partial charge in [0.2, 0.25) is 0 Å². The monoisotopic (exact) mass is 392 g/mol. The Balaban J connectivity index is 1.95. The number of hydrogen-bond donors (Lipinski definition) is 2. The number of likely N-dealkylation sites (N-methyl/N-ethyl adjacent to an activating group) is 1. The summed E-state index contributed by atoms with van der Waals surface area (Å²) in [5.41, 5.74) is 2.26. The third kappa shape index (κ3) is 8.04. The lowest BCUT2D eigenvalue weighted by Gasteiger charge is -2.30. The lowest BCUT2D eigenvalue weighted by Crippen LogP contribution is -2.48. The summed E-state index contributed by atoms with van der Waals surface area (Å²) in [6, 6.07) is 6.26. The van der Waals surface area contributed by atoms with Crippen molar-refractivity contribution in [1.29, 1.82) is 0 Å². The molecule has 2 rings (SSSR count). The minimum absolute atomic E-state index is 0.182. The fourth-order valence-electron chi connectivity index (χ4n) is 3.02. The first-order valence-corrected chi connectivity index (χ1v) is 10.2. The molecule has 1 aromatic rings. The maximum absolute atomic E-state index is 5.96. The second kappa shape index (κ2) is 12.6. The van der Waals surface area contributed by atoms with Gasteiger partial charge in [0.05, 0.1) is 25.9 Å². The van der Waals surface area contributed by atoms with E-state index in [0.717, 1.165) is 56.5 Å². The van der Waals surface area contributed by atoms with Crippen molar-refractivity contribution in [1.82, 2.24) is 15.5 Å². The quantitative estimate of drug-likeness (QED) is 0.360. The predicted molar refractivity (Wildman–Crippen MR) is 113 cm³/mol. The lowest BCUT2D eigenvalue weighted by atomic mass is 10.1. The smallest absolute Gasteiger partial charge is 0.191 e. The average molecular weight is 393 g/mol. The Morgan fingerprint density at radius 3 is 2.93 bits per heavy atom. The first-order chi connectivity index (χ1) is 13.6. The van der Waals surface area contributed by atoms with Gasteiger partial charge >= 0.3 is 0 Å². The number of morpholine rings is 1. The lowest BCUT2D eigenvalue weighted by molar-refractivity contribution is -0.0161. The van der Waals surface area contributed by atoms with Crippen LogP contribution in [-0.4, -0.2) is 77.1 Å². The molecule has 2 N–H and O–H groups in total. The normalized spacial score (nSPS) is 18.1. The number of ether oxygens (including phenoxy) is 3. The number of nitrogens with zero attached hydrogens (tertiary/aromatic N) is 2. The predicted octanol–water partition coefficient (Wildman–Crippen LogP) is 1.80. The molecule has 0 radical (unpaired) electrons. The van der Waals surface area contributed by atoms with Crippen LogP contribution in [0.4, 0.5) is 0 Å². The summed E-state index contributed by atoms with van der Waals surface area (Å²) >= 11 is 0. The molecule has 1 fully saturated rings. The Kier molecular flexibility index (Phi) is 10.1. The van der Waals surface area contributed by atoms with E-state index in [1.807, 2.05) is 0 Å². The second-order valence-electron chi connectivity index (χ2n) is 7.14. The number of hydrogen-bond acceptors (Lipinski definition) is 5. The van der Waals surface area contributed by atoms with Crippen molar-refractivity contribution in [3.8, 4) is 5.75 Å². The van der Waals surface area contributed by atoms with Crippen molar-refractivity contribution >= 4 is 5.96 Å². The molecule has 1 saturated heterocycles. The third-order valence-corrected chi connectivity index (χ3v) is 4.56. The first kappa shape index (κ1) is 22.5. The van der Waals surface area contributed by atoms with E-state index in [4.69, 9.17) is 19.2 Å². The van der Waals surface area contributed by atoms with Gasteiger partial charge in [-0.2, -0.15) is 0 Å². The molecule has 1 aromatic carbocycles. The molecular weight excluding hydrogens is 356 g/mol. The van der Waals surface area contributed by atoms with E-state index in [9.17, 15) is 0 Å². The summed E-state index contributed by atoms with van der Waals surface area (Å²) in [5, 5.41) is 6.71. The van der Waals surface area contributed by atoms with Crippen LogP contribution in [0, 0.1) is 6.92 Å². The molecular formula is C21H36N4O3. The number of rotatable bonds is 10. The van der Waals surface area contributed by atoms with Crippen molar-refractivity contribution in [2.75, 3.05) is 60.2 Å². The van der Waals surface area contributed by atoms with Gasteiger partial charge in [-0.15, -0.1) is 0 Å². The molecule has 1 aliphatic rings. The molecule has 0 aromatic heterocycles. The number of nitrogens with one attached hydrogen (secondary N) is 2. The molecule has 1 atom stereocenters. The van der Waals surface area contributed by atoms with Gasteiger partial charge in [0.1, 0.15) is 5.75 Å². The first-order valence-electron chi connectivity index (χ1n) is 10.2. The van der Waals surface area contributed by atoms with Crippen molar-refractivity contribution in [3.05, 3.63) is 29.3 Å². The van der Waals surface area contributed by atoms with Crippen LogP contribution in [-0.2, 0) is 16.0 Å². The minimum Gasteiger partial charge on any atom is -0.493 e. The Bertz CT molecular complexity index is 609. The van der Waals surface area contributed by atoms with E-state index in [2.05, 4.69) is 54.6 Å². The maximum Gasteiger partial charge on any atom is 0.191 e. The van der Waals surface area contributed by atoms with Crippen LogP contribution in [0.3, 0.4) is 0 Å². The van der Waals surface area contributed by atoms with E-state index in [1.54, 1.807) is 7.11 Å². The van der Waals surface area contributed by atoms with Crippen LogP contribution in [0.5, 0.6) is 5.75 Å². The molecule has 0 saturated carbocycles. The van der Waals surface area contributed by atoms with E-state index >= 15 is 0 Å².